The van der Waals surface area contributed by atoms with E-state index in [0.29, 0.717) is 5.92 Å². The number of carbonyl (C=O) groups is 1. The number of aldehydes is 1. The van der Waals surface area contributed by atoms with E-state index in [1.165, 1.54) is 19.3 Å². The Morgan fingerprint density at radius 3 is 2.23 bits per heavy atom. The molecule has 0 aromatic carbocycles. The SMILES string of the molecule is O=CC1(CC2CCC2)CS(=O)(=O)C1. The highest BCUT2D eigenvalue weighted by molar-refractivity contribution is 7.93. The van der Waals surface area contributed by atoms with Gasteiger partial charge in [-0.05, 0) is 12.3 Å². The lowest BCUT2D eigenvalue weighted by atomic mass is 9.73. The van der Waals surface area contributed by atoms with Gasteiger partial charge in [-0.1, -0.05) is 19.3 Å². The zero-order valence-corrected chi connectivity index (χ0v) is 8.35. The number of hydrogen-bond donors (Lipinski definition) is 0. The molecule has 0 aromatic rings. The van der Waals surface area contributed by atoms with Crippen molar-refractivity contribution in [2.24, 2.45) is 11.3 Å². The van der Waals surface area contributed by atoms with Crippen molar-refractivity contribution in [1.82, 2.24) is 0 Å². The summed E-state index contributed by atoms with van der Waals surface area (Å²) in [6.07, 6.45) is 5.26. The van der Waals surface area contributed by atoms with Gasteiger partial charge in [0.15, 0.2) is 9.84 Å². The molecule has 1 saturated carbocycles. The molecule has 1 saturated heterocycles. The van der Waals surface area contributed by atoms with E-state index in [0.717, 1.165) is 12.7 Å². The average molecular weight is 202 g/mol. The summed E-state index contributed by atoms with van der Waals surface area (Å²) in [6.45, 7) is 0. The molecule has 2 fully saturated rings. The summed E-state index contributed by atoms with van der Waals surface area (Å²) in [7, 11) is -2.86. The minimum atomic E-state index is -2.86. The molecule has 0 N–H and O–H groups in total. The molecule has 0 bridgehead atoms. The van der Waals surface area contributed by atoms with Crippen molar-refractivity contribution >= 4 is 16.1 Å². The van der Waals surface area contributed by atoms with Crippen LogP contribution in [0.2, 0.25) is 0 Å². The first kappa shape index (κ1) is 9.19. The van der Waals surface area contributed by atoms with E-state index in [2.05, 4.69) is 0 Å². The molecule has 0 radical (unpaired) electrons. The standard InChI is InChI=1S/C9H14O3S/c10-5-9(4-8-2-1-3-8)6-13(11,12)7-9/h5,8H,1-4,6-7H2. The van der Waals surface area contributed by atoms with Crippen LogP contribution < -0.4 is 0 Å². The smallest absolute Gasteiger partial charge is 0.152 e. The monoisotopic (exact) mass is 202 g/mol. The highest BCUT2D eigenvalue weighted by Gasteiger charge is 2.49. The normalized spacial score (nSPS) is 30.2. The predicted molar refractivity (Wildman–Crippen MR) is 49.1 cm³/mol. The molecule has 4 heteroatoms. The predicted octanol–water partition coefficient (Wildman–Crippen LogP) is 0.790. The molecule has 13 heavy (non-hydrogen) atoms. The summed E-state index contributed by atoms with van der Waals surface area (Å²) in [4.78, 5) is 10.8. The molecule has 1 heterocycles. The van der Waals surface area contributed by atoms with E-state index < -0.39 is 15.3 Å². The van der Waals surface area contributed by atoms with Crippen LogP contribution in [0.25, 0.3) is 0 Å². The van der Waals surface area contributed by atoms with Crippen molar-refractivity contribution < 1.29 is 13.2 Å². The fourth-order valence-corrected chi connectivity index (χ4v) is 4.38. The lowest BCUT2D eigenvalue weighted by molar-refractivity contribution is -0.116. The Bertz CT molecular complexity index is 302. The average Bonchev–Trinajstić information content (AvgIpc) is 1.92. The Labute approximate surface area is 78.4 Å². The van der Waals surface area contributed by atoms with Crippen LogP contribution in [-0.4, -0.2) is 26.2 Å². The van der Waals surface area contributed by atoms with Gasteiger partial charge in [-0.15, -0.1) is 0 Å². The second-order valence-electron chi connectivity index (χ2n) is 4.51. The van der Waals surface area contributed by atoms with Crippen LogP contribution in [0.3, 0.4) is 0 Å². The Kier molecular flexibility index (Phi) is 1.98. The van der Waals surface area contributed by atoms with Crippen molar-refractivity contribution in [2.75, 3.05) is 11.5 Å². The fourth-order valence-electron chi connectivity index (χ4n) is 2.34. The van der Waals surface area contributed by atoms with Crippen LogP contribution in [0.4, 0.5) is 0 Å². The summed E-state index contributed by atoms with van der Waals surface area (Å²) >= 11 is 0. The van der Waals surface area contributed by atoms with Crippen LogP contribution in [0, 0.1) is 11.3 Å². The fraction of sp³-hybridized carbons (Fsp3) is 0.889. The summed E-state index contributed by atoms with van der Waals surface area (Å²) in [5.41, 5.74) is -0.496. The van der Waals surface area contributed by atoms with Crippen LogP contribution in [0.5, 0.6) is 0 Å². The first-order valence-electron chi connectivity index (χ1n) is 4.72. The molecular weight excluding hydrogens is 188 g/mol. The number of hydrogen-bond acceptors (Lipinski definition) is 3. The van der Waals surface area contributed by atoms with Gasteiger partial charge >= 0.3 is 0 Å². The van der Waals surface area contributed by atoms with Crippen molar-refractivity contribution in [1.29, 1.82) is 0 Å². The third-order valence-electron chi connectivity index (χ3n) is 3.18. The maximum atomic E-state index is 11.0. The van der Waals surface area contributed by atoms with E-state index in [4.69, 9.17) is 0 Å². The maximum absolute atomic E-state index is 11.0. The Hall–Kier alpha value is -0.380. The minimum absolute atomic E-state index is 0.0972. The summed E-state index contributed by atoms with van der Waals surface area (Å²) in [5.74, 6) is 0.806. The second-order valence-corrected chi connectivity index (χ2v) is 6.58. The van der Waals surface area contributed by atoms with Gasteiger partial charge in [-0.25, -0.2) is 8.42 Å². The number of rotatable bonds is 3. The van der Waals surface area contributed by atoms with Gasteiger partial charge in [0.2, 0.25) is 0 Å². The molecule has 74 valence electrons. The van der Waals surface area contributed by atoms with Gasteiger partial charge in [0.1, 0.15) is 6.29 Å². The first-order chi connectivity index (χ1) is 6.05. The highest BCUT2D eigenvalue weighted by atomic mass is 32.2. The first-order valence-corrected chi connectivity index (χ1v) is 6.54. The Morgan fingerprint density at radius 1 is 1.31 bits per heavy atom. The molecule has 2 rings (SSSR count). The Morgan fingerprint density at radius 2 is 1.92 bits per heavy atom. The quantitative estimate of drug-likeness (QED) is 0.636. The van der Waals surface area contributed by atoms with Gasteiger partial charge in [0.05, 0.1) is 16.9 Å². The van der Waals surface area contributed by atoms with Crippen molar-refractivity contribution in [2.45, 2.75) is 25.7 Å². The summed E-state index contributed by atoms with van der Waals surface area (Å²) in [5, 5.41) is 0. The third kappa shape index (κ3) is 1.64. The van der Waals surface area contributed by atoms with E-state index in [1.54, 1.807) is 0 Å². The molecule has 2 aliphatic rings. The molecule has 0 spiro atoms. The molecule has 3 nitrogen and oxygen atoms in total. The zero-order chi connectivity index (χ0) is 9.53. The lowest BCUT2D eigenvalue weighted by Gasteiger charge is -2.41. The van der Waals surface area contributed by atoms with E-state index in [-0.39, 0.29) is 11.5 Å². The van der Waals surface area contributed by atoms with Gasteiger partial charge in [-0.3, -0.25) is 0 Å². The molecular formula is C9H14O3S. The topological polar surface area (TPSA) is 51.2 Å². The second kappa shape index (κ2) is 2.80. The molecule has 0 atom stereocenters. The van der Waals surface area contributed by atoms with Crippen LogP contribution in [0.15, 0.2) is 0 Å². The molecule has 1 aliphatic heterocycles. The number of carbonyl (C=O) groups excluding carboxylic acids is 1. The van der Waals surface area contributed by atoms with Crippen LogP contribution in [0.1, 0.15) is 25.7 Å². The molecule has 0 unspecified atom stereocenters. The maximum Gasteiger partial charge on any atom is 0.152 e. The summed E-state index contributed by atoms with van der Waals surface area (Å²) in [6, 6.07) is 0. The van der Waals surface area contributed by atoms with Gasteiger partial charge in [-0.2, -0.15) is 0 Å². The van der Waals surface area contributed by atoms with E-state index in [1.807, 2.05) is 0 Å². The molecule has 0 amide bonds. The van der Waals surface area contributed by atoms with Gasteiger partial charge < -0.3 is 4.79 Å². The van der Waals surface area contributed by atoms with E-state index >= 15 is 0 Å². The molecule has 0 aromatic heterocycles. The zero-order valence-electron chi connectivity index (χ0n) is 7.53. The minimum Gasteiger partial charge on any atom is -0.303 e. The van der Waals surface area contributed by atoms with Gasteiger partial charge in [0, 0.05) is 0 Å². The van der Waals surface area contributed by atoms with Crippen molar-refractivity contribution in [3.63, 3.8) is 0 Å². The van der Waals surface area contributed by atoms with Gasteiger partial charge in [0.25, 0.3) is 0 Å². The lowest BCUT2D eigenvalue weighted by Crippen LogP contribution is -2.51. The van der Waals surface area contributed by atoms with Crippen LogP contribution in [-0.2, 0) is 14.6 Å². The largest absolute Gasteiger partial charge is 0.303 e. The van der Waals surface area contributed by atoms with E-state index in [9.17, 15) is 13.2 Å². The summed E-state index contributed by atoms with van der Waals surface area (Å²) < 4.78 is 22.0. The third-order valence-corrected chi connectivity index (χ3v) is 5.21. The van der Waals surface area contributed by atoms with Crippen LogP contribution >= 0.6 is 0 Å². The van der Waals surface area contributed by atoms with Crippen molar-refractivity contribution in [3.8, 4) is 0 Å². The molecule has 1 aliphatic carbocycles. The highest BCUT2D eigenvalue weighted by Crippen LogP contribution is 2.42. The van der Waals surface area contributed by atoms with Crippen molar-refractivity contribution in [3.05, 3.63) is 0 Å². The Balaban J connectivity index is 1.98. The number of sulfone groups is 1.